The molecule has 1 aromatic heterocycles. The Morgan fingerprint density at radius 3 is 2.67 bits per heavy atom. The van der Waals surface area contributed by atoms with Crippen molar-refractivity contribution in [2.45, 2.75) is 31.7 Å². The number of rotatable bonds is 6. The van der Waals surface area contributed by atoms with Gasteiger partial charge in [0.1, 0.15) is 0 Å². The first-order chi connectivity index (χ1) is 10.3. The van der Waals surface area contributed by atoms with E-state index in [0.29, 0.717) is 5.89 Å². The second-order valence-electron chi connectivity index (χ2n) is 4.71. The van der Waals surface area contributed by atoms with Crippen LogP contribution in [0, 0.1) is 22.7 Å². The third-order valence-electron chi connectivity index (χ3n) is 3.27. The van der Waals surface area contributed by atoms with Crippen LogP contribution in [0.5, 0.6) is 0 Å². The molecule has 110 valence electrons. The molecule has 1 aliphatic heterocycles. The average molecular weight is 288 g/mol. The predicted octanol–water partition coefficient (Wildman–Crippen LogP) is 0.764. The van der Waals surface area contributed by atoms with E-state index >= 15 is 0 Å². The van der Waals surface area contributed by atoms with Crippen LogP contribution in [0.3, 0.4) is 0 Å². The Labute approximate surface area is 122 Å². The summed E-state index contributed by atoms with van der Waals surface area (Å²) in [5.74, 6) is -0.0144. The summed E-state index contributed by atoms with van der Waals surface area (Å²) >= 11 is 0. The molecule has 0 aromatic carbocycles. The van der Waals surface area contributed by atoms with E-state index in [2.05, 4.69) is 15.5 Å². The van der Waals surface area contributed by atoms with E-state index in [1.54, 1.807) is 0 Å². The molecule has 1 aromatic rings. The summed E-state index contributed by atoms with van der Waals surface area (Å²) in [7, 11) is 0. The monoisotopic (exact) mass is 288 g/mol. The normalized spacial score (nSPS) is 17.1. The van der Waals surface area contributed by atoms with E-state index < -0.39 is 5.91 Å². The molecule has 0 aliphatic carbocycles. The van der Waals surface area contributed by atoms with Crippen LogP contribution in [-0.2, 0) is 0 Å². The Morgan fingerprint density at radius 2 is 2.10 bits per heavy atom. The number of nitriles is 2. The van der Waals surface area contributed by atoms with Crippen molar-refractivity contribution in [1.29, 1.82) is 10.5 Å². The summed E-state index contributed by atoms with van der Waals surface area (Å²) in [4.78, 5) is 17.8. The van der Waals surface area contributed by atoms with Crippen LogP contribution in [0.2, 0.25) is 0 Å². The average Bonchev–Trinajstić information content (AvgIpc) is 3.17. The zero-order chi connectivity index (χ0) is 15.1. The summed E-state index contributed by atoms with van der Waals surface area (Å²) in [5, 5.41) is 24.2. The number of carbonyl (C=O) groups is 1. The van der Waals surface area contributed by atoms with Crippen LogP contribution in [0.25, 0.3) is 0 Å². The van der Waals surface area contributed by atoms with Gasteiger partial charge in [0, 0.05) is 13.1 Å². The minimum atomic E-state index is -0.409. The SMILES string of the molecule is N#CCCN(CCC#N)C(=O)c1noc(C2CCCN2)n1. The van der Waals surface area contributed by atoms with Crippen LogP contribution in [0.1, 0.15) is 48.2 Å². The van der Waals surface area contributed by atoms with Gasteiger partial charge < -0.3 is 14.7 Å². The molecule has 0 bridgehead atoms. The van der Waals surface area contributed by atoms with Gasteiger partial charge in [-0.3, -0.25) is 4.79 Å². The molecule has 8 nitrogen and oxygen atoms in total. The predicted molar refractivity (Wildman–Crippen MR) is 70.6 cm³/mol. The van der Waals surface area contributed by atoms with Gasteiger partial charge >= 0.3 is 0 Å². The lowest BCUT2D eigenvalue weighted by Gasteiger charge is -2.17. The fourth-order valence-corrected chi connectivity index (χ4v) is 2.19. The van der Waals surface area contributed by atoms with Crippen LogP contribution in [0.15, 0.2) is 4.52 Å². The molecule has 0 radical (unpaired) electrons. The van der Waals surface area contributed by atoms with Gasteiger partial charge in [-0.05, 0) is 19.4 Å². The molecule has 1 unspecified atom stereocenters. The molecule has 1 atom stereocenters. The van der Waals surface area contributed by atoms with Gasteiger partial charge in [-0.25, -0.2) is 0 Å². The van der Waals surface area contributed by atoms with Crippen molar-refractivity contribution in [2.75, 3.05) is 19.6 Å². The molecule has 1 N–H and O–H groups in total. The van der Waals surface area contributed by atoms with Crippen molar-refractivity contribution < 1.29 is 9.32 Å². The van der Waals surface area contributed by atoms with Crippen LogP contribution < -0.4 is 5.32 Å². The van der Waals surface area contributed by atoms with Gasteiger partial charge in [0.15, 0.2) is 0 Å². The first-order valence-corrected chi connectivity index (χ1v) is 6.86. The molecule has 8 heteroatoms. The largest absolute Gasteiger partial charge is 0.337 e. The summed E-state index contributed by atoms with van der Waals surface area (Å²) in [6.45, 7) is 1.40. The minimum Gasteiger partial charge on any atom is -0.337 e. The van der Waals surface area contributed by atoms with Gasteiger partial charge in [0.2, 0.25) is 5.89 Å². The standard InChI is InChI=1S/C13H16N6O2/c14-5-2-8-19(9-3-6-15)13(20)11-17-12(21-18-11)10-4-1-7-16-10/h10,16H,1-4,7-9H2. The maximum Gasteiger partial charge on any atom is 0.295 e. The molecule has 1 aliphatic rings. The van der Waals surface area contributed by atoms with E-state index in [-0.39, 0.29) is 37.8 Å². The van der Waals surface area contributed by atoms with Gasteiger partial charge in [-0.1, -0.05) is 5.16 Å². The number of nitrogens with zero attached hydrogens (tertiary/aromatic N) is 5. The molecule has 0 saturated carbocycles. The Balaban J connectivity index is 2.05. The Morgan fingerprint density at radius 1 is 1.38 bits per heavy atom. The van der Waals surface area contributed by atoms with Crippen molar-refractivity contribution in [1.82, 2.24) is 20.4 Å². The van der Waals surface area contributed by atoms with Crippen molar-refractivity contribution in [3.8, 4) is 12.1 Å². The van der Waals surface area contributed by atoms with Crippen LogP contribution in [0.4, 0.5) is 0 Å². The highest BCUT2D eigenvalue weighted by atomic mass is 16.5. The quantitative estimate of drug-likeness (QED) is 0.820. The lowest BCUT2D eigenvalue weighted by atomic mass is 10.2. The first-order valence-electron chi connectivity index (χ1n) is 6.86. The number of nitrogens with one attached hydrogen (secondary N) is 1. The number of hydrogen-bond donors (Lipinski definition) is 1. The number of carbonyl (C=O) groups excluding carboxylic acids is 1. The van der Waals surface area contributed by atoms with E-state index in [0.717, 1.165) is 19.4 Å². The van der Waals surface area contributed by atoms with Crippen molar-refractivity contribution >= 4 is 5.91 Å². The molecule has 1 fully saturated rings. The summed E-state index contributed by atoms with van der Waals surface area (Å²) in [6.07, 6.45) is 2.34. The van der Waals surface area contributed by atoms with Gasteiger partial charge in [-0.2, -0.15) is 15.5 Å². The molecular weight excluding hydrogens is 272 g/mol. The van der Waals surface area contributed by atoms with Gasteiger partial charge in [-0.15, -0.1) is 0 Å². The van der Waals surface area contributed by atoms with Gasteiger partial charge in [0.05, 0.1) is 31.0 Å². The third kappa shape index (κ3) is 3.77. The maximum atomic E-state index is 12.3. The molecule has 2 heterocycles. The fourth-order valence-electron chi connectivity index (χ4n) is 2.19. The topological polar surface area (TPSA) is 119 Å². The molecular formula is C13H16N6O2. The van der Waals surface area contributed by atoms with E-state index in [4.69, 9.17) is 15.0 Å². The third-order valence-corrected chi connectivity index (χ3v) is 3.27. The lowest BCUT2D eigenvalue weighted by molar-refractivity contribution is 0.0747. The van der Waals surface area contributed by atoms with Crippen molar-refractivity contribution in [3.05, 3.63) is 11.7 Å². The molecule has 1 saturated heterocycles. The summed E-state index contributed by atoms with van der Waals surface area (Å²) in [5.41, 5.74) is 0. The Hall–Kier alpha value is -2.45. The van der Waals surface area contributed by atoms with Crippen LogP contribution in [-0.4, -0.2) is 40.6 Å². The summed E-state index contributed by atoms with van der Waals surface area (Å²) < 4.78 is 5.13. The van der Waals surface area contributed by atoms with E-state index in [1.807, 2.05) is 12.1 Å². The highest BCUT2D eigenvalue weighted by Gasteiger charge is 2.26. The number of aromatic nitrogens is 2. The van der Waals surface area contributed by atoms with Crippen molar-refractivity contribution in [2.24, 2.45) is 0 Å². The highest BCUT2D eigenvalue weighted by Crippen LogP contribution is 2.21. The van der Waals surface area contributed by atoms with E-state index in [9.17, 15) is 4.79 Å². The first kappa shape index (κ1) is 14.9. The maximum absolute atomic E-state index is 12.3. The zero-order valence-electron chi connectivity index (χ0n) is 11.6. The highest BCUT2D eigenvalue weighted by molar-refractivity contribution is 5.90. The second kappa shape index (κ2) is 7.36. The van der Waals surface area contributed by atoms with Crippen LogP contribution >= 0.6 is 0 Å². The molecule has 21 heavy (non-hydrogen) atoms. The van der Waals surface area contributed by atoms with Gasteiger partial charge in [0.25, 0.3) is 11.7 Å². The van der Waals surface area contributed by atoms with E-state index in [1.165, 1.54) is 4.90 Å². The fraction of sp³-hybridized carbons (Fsp3) is 0.615. The number of amides is 1. The molecule has 0 spiro atoms. The lowest BCUT2D eigenvalue weighted by Crippen LogP contribution is -2.33. The smallest absolute Gasteiger partial charge is 0.295 e. The Bertz CT molecular complexity index is 546. The van der Waals surface area contributed by atoms with Crippen molar-refractivity contribution in [3.63, 3.8) is 0 Å². The number of hydrogen-bond acceptors (Lipinski definition) is 7. The second-order valence-corrected chi connectivity index (χ2v) is 4.71. The summed E-state index contributed by atoms with van der Waals surface area (Å²) in [6, 6.07) is 3.96. The zero-order valence-corrected chi connectivity index (χ0v) is 11.6. The molecule has 1 amide bonds. The molecule has 2 rings (SSSR count). The Kier molecular flexibility index (Phi) is 5.24. The minimum absolute atomic E-state index is 0.00529.